The molecular weight excluding hydrogens is 380 g/mol. The summed E-state index contributed by atoms with van der Waals surface area (Å²) in [5, 5.41) is 12.7. The van der Waals surface area contributed by atoms with E-state index in [2.05, 4.69) is 4.98 Å². The highest BCUT2D eigenvalue weighted by atomic mass is 16.6. The highest BCUT2D eigenvalue weighted by Crippen LogP contribution is 2.29. The summed E-state index contributed by atoms with van der Waals surface area (Å²) < 4.78 is 6.00. The molecule has 6 nitrogen and oxygen atoms in total. The van der Waals surface area contributed by atoms with Crippen LogP contribution in [0.5, 0.6) is 0 Å². The Morgan fingerprint density at radius 2 is 1.80 bits per heavy atom. The Bertz CT molecular complexity index is 1210. The quantitative estimate of drug-likeness (QED) is 0.228. The Kier molecular flexibility index (Phi) is 5.30. The van der Waals surface area contributed by atoms with Gasteiger partial charge in [0.25, 0.3) is 0 Å². The minimum Gasteiger partial charge on any atom is -0.618 e. The van der Waals surface area contributed by atoms with Crippen molar-refractivity contribution in [2.45, 2.75) is 19.4 Å². The highest BCUT2D eigenvalue weighted by molar-refractivity contribution is 6.11. The fraction of sp³-hybridized carbons (Fsp3) is 0.125. The molecular formula is C24H20N2O4. The second-order valence-electron chi connectivity index (χ2n) is 6.87. The lowest BCUT2D eigenvalue weighted by Crippen LogP contribution is -2.35. The van der Waals surface area contributed by atoms with Crippen molar-refractivity contribution < 1.29 is 19.1 Å². The lowest BCUT2D eigenvalue weighted by molar-refractivity contribution is -0.608. The first-order valence-electron chi connectivity index (χ1n) is 9.67. The molecule has 0 aliphatic carbocycles. The van der Waals surface area contributed by atoms with Gasteiger partial charge < -0.3 is 14.9 Å². The number of esters is 1. The third-order valence-electron chi connectivity index (χ3n) is 5.05. The molecule has 6 heteroatoms. The number of aromatic amines is 1. The number of benzene rings is 2. The number of aromatic nitrogens is 2. The number of carbonyl (C=O) groups is 2. The number of nitrogens with one attached hydrogen (secondary N) is 1. The van der Waals surface area contributed by atoms with E-state index in [1.807, 2.05) is 31.2 Å². The number of rotatable bonds is 6. The maximum absolute atomic E-state index is 13.5. The number of ketones is 1. The van der Waals surface area contributed by atoms with Gasteiger partial charge in [-0.15, -0.1) is 0 Å². The van der Waals surface area contributed by atoms with Crippen LogP contribution in [0, 0.1) is 5.21 Å². The molecule has 150 valence electrons. The van der Waals surface area contributed by atoms with Gasteiger partial charge in [-0.25, -0.2) is 4.79 Å². The van der Waals surface area contributed by atoms with Gasteiger partial charge in [-0.1, -0.05) is 55.5 Å². The van der Waals surface area contributed by atoms with Crippen LogP contribution in [-0.4, -0.2) is 16.7 Å². The largest absolute Gasteiger partial charge is 0.618 e. The lowest BCUT2D eigenvalue weighted by Gasteiger charge is -2.17. The van der Waals surface area contributed by atoms with Crippen LogP contribution in [0.2, 0.25) is 0 Å². The summed E-state index contributed by atoms with van der Waals surface area (Å²) in [6, 6.07) is 19.0. The Hall–Kier alpha value is -3.93. The SMILES string of the molecule is CCc1cccc2c(C(=O)[C@@H](OC(=O)c3cccc[n+]3[O-])c3ccccc3)c[nH]c12. The monoisotopic (exact) mass is 400 g/mol. The van der Waals surface area contributed by atoms with E-state index in [1.165, 1.54) is 18.3 Å². The maximum Gasteiger partial charge on any atom is 0.406 e. The van der Waals surface area contributed by atoms with Gasteiger partial charge in [0.1, 0.15) is 0 Å². The number of carbonyl (C=O) groups excluding carboxylic acids is 2. The zero-order chi connectivity index (χ0) is 21.1. The minimum absolute atomic E-state index is 0.182. The van der Waals surface area contributed by atoms with Crippen LogP contribution in [0.3, 0.4) is 0 Å². The first-order chi connectivity index (χ1) is 14.6. The molecule has 2 aromatic heterocycles. The number of nitrogens with zero attached hydrogens (tertiary/aromatic N) is 1. The molecule has 4 aromatic rings. The van der Waals surface area contributed by atoms with Crippen LogP contribution in [0.25, 0.3) is 10.9 Å². The number of ether oxygens (including phenoxy) is 1. The second kappa shape index (κ2) is 8.21. The predicted molar refractivity (Wildman–Crippen MR) is 112 cm³/mol. The van der Waals surface area contributed by atoms with Gasteiger partial charge in [0, 0.05) is 40.4 Å². The first-order valence-corrected chi connectivity index (χ1v) is 9.67. The molecule has 2 aromatic carbocycles. The van der Waals surface area contributed by atoms with E-state index in [0.29, 0.717) is 15.9 Å². The highest BCUT2D eigenvalue weighted by Gasteiger charge is 2.31. The van der Waals surface area contributed by atoms with Gasteiger partial charge >= 0.3 is 11.7 Å². The molecule has 0 amide bonds. The van der Waals surface area contributed by atoms with Crippen LogP contribution >= 0.6 is 0 Å². The van der Waals surface area contributed by atoms with Crippen LogP contribution in [0.15, 0.2) is 79.1 Å². The van der Waals surface area contributed by atoms with E-state index in [9.17, 15) is 14.8 Å². The molecule has 0 saturated heterocycles. The van der Waals surface area contributed by atoms with Gasteiger partial charge in [0.15, 0.2) is 12.3 Å². The molecule has 0 aliphatic rings. The molecule has 0 spiro atoms. The summed E-state index contributed by atoms with van der Waals surface area (Å²) >= 11 is 0. The molecule has 0 fully saturated rings. The van der Waals surface area contributed by atoms with Gasteiger partial charge in [0.05, 0.1) is 0 Å². The smallest absolute Gasteiger partial charge is 0.406 e. The molecule has 30 heavy (non-hydrogen) atoms. The molecule has 4 rings (SSSR count). The van der Waals surface area contributed by atoms with Crippen molar-refractivity contribution in [2.75, 3.05) is 0 Å². The molecule has 0 radical (unpaired) electrons. The maximum atomic E-state index is 13.5. The Labute approximate surface area is 173 Å². The van der Waals surface area contributed by atoms with Gasteiger partial charge in [-0.05, 0) is 18.1 Å². The van der Waals surface area contributed by atoms with Crippen molar-refractivity contribution in [3.63, 3.8) is 0 Å². The number of para-hydroxylation sites is 1. The number of hydrogen-bond acceptors (Lipinski definition) is 4. The number of pyridine rings is 1. The number of hydrogen-bond donors (Lipinski definition) is 1. The van der Waals surface area contributed by atoms with E-state index in [-0.39, 0.29) is 11.5 Å². The number of H-pyrrole nitrogens is 1. The van der Waals surface area contributed by atoms with Crippen molar-refractivity contribution in [3.8, 4) is 0 Å². The van der Waals surface area contributed by atoms with Crippen molar-refractivity contribution >= 4 is 22.7 Å². The topological polar surface area (TPSA) is 86.1 Å². The third-order valence-corrected chi connectivity index (χ3v) is 5.05. The zero-order valence-corrected chi connectivity index (χ0v) is 16.4. The summed E-state index contributed by atoms with van der Waals surface area (Å²) in [4.78, 5) is 29.3. The minimum atomic E-state index is -1.18. The normalized spacial score (nSPS) is 11.9. The zero-order valence-electron chi connectivity index (χ0n) is 16.4. The Balaban J connectivity index is 1.75. The number of fused-ring (bicyclic) bond motifs is 1. The van der Waals surface area contributed by atoms with Crippen LogP contribution < -0.4 is 4.73 Å². The molecule has 0 saturated carbocycles. The Morgan fingerprint density at radius 3 is 2.53 bits per heavy atom. The van der Waals surface area contributed by atoms with Crippen molar-refractivity contribution in [2.24, 2.45) is 0 Å². The summed E-state index contributed by atoms with van der Waals surface area (Å²) in [7, 11) is 0. The van der Waals surface area contributed by atoms with E-state index in [4.69, 9.17) is 4.74 Å². The Morgan fingerprint density at radius 1 is 1.03 bits per heavy atom. The first kappa shape index (κ1) is 19.4. The molecule has 1 atom stereocenters. The van der Waals surface area contributed by atoms with Crippen molar-refractivity contribution in [3.05, 3.63) is 107 Å². The van der Waals surface area contributed by atoms with Crippen LogP contribution in [0.4, 0.5) is 0 Å². The second-order valence-corrected chi connectivity index (χ2v) is 6.87. The summed E-state index contributed by atoms with van der Waals surface area (Å²) in [5.74, 6) is -1.22. The van der Waals surface area contributed by atoms with E-state index >= 15 is 0 Å². The summed E-state index contributed by atoms with van der Waals surface area (Å²) in [5.41, 5.74) is 2.77. The van der Waals surface area contributed by atoms with E-state index in [0.717, 1.165) is 22.9 Å². The molecule has 2 heterocycles. The number of Topliss-reactive ketones (excluding diaryl/α,β-unsaturated/α-hetero) is 1. The van der Waals surface area contributed by atoms with Crippen molar-refractivity contribution in [1.82, 2.24) is 4.98 Å². The van der Waals surface area contributed by atoms with Crippen LogP contribution in [0.1, 0.15) is 45.0 Å². The fourth-order valence-electron chi connectivity index (χ4n) is 3.51. The fourth-order valence-corrected chi connectivity index (χ4v) is 3.51. The van der Waals surface area contributed by atoms with Crippen LogP contribution in [-0.2, 0) is 11.2 Å². The van der Waals surface area contributed by atoms with E-state index in [1.54, 1.807) is 36.5 Å². The van der Waals surface area contributed by atoms with Gasteiger partial charge in [0.2, 0.25) is 5.78 Å². The third kappa shape index (κ3) is 3.55. The predicted octanol–water partition coefficient (Wildman–Crippen LogP) is 4.14. The number of aryl methyl sites for hydroxylation is 1. The summed E-state index contributed by atoms with van der Waals surface area (Å²) in [6.07, 6.45) is 2.50. The average molecular weight is 400 g/mol. The molecule has 0 aliphatic heterocycles. The average Bonchev–Trinajstić information content (AvgIpc) is 3.22. The standard InChI is InChI=1S/C24H20N2O4/c1-2-16-11-8-12-18-19(15-25-21(16)18)22(27)23(17-9-4-3-5-10-17)30-24(28)20-13-6-7-14-26(20)29/h3-15,23,25H,2H2,1H3/t23-/m0/s1. The van der Waals surface area contributed by atoms with Gasteiger partial charge in [-0.2, -0.15) is 4.73 Å². The molecule has 0 bridgehead atoms. The molecule has 0 unspecified atom stereocenters. The molecule has 1 N–H and O–H groups in total. The lowest BCUT2D eigenvalue weighted by atomic mass is 9.98. The van der Waals surface area contributed by atoms with Gasteiger partial charge in [-0.3, -0.25) is 4.79 Å². The van der Waals surface area contributed by atoms with E-state index < -0.39 is 12.1 Å². The van der Waals surface area contributed by atoms with Crippen molar-refractivity contribution in [1.29, 1.82) is 0 Å². The summed E-state index contributed by atoms with van der Waals surface area (Å²) in [6.45, 7) is 2.05.